The first kappa shape index (κ1) is 25.2. The van der Waals surface area contributed by atoms with Crippen molar-refractivity contribution in [1.29, 1.82) is 0 Å². The number of hydrogen-bond donors (Lipinski definition) is 1. The van der Waals surface area contributed by atoms with E-state index < -0.39 is 29.1 Å². The zero-order valence-corrected chi connectivity index (χ0v) is 21.3. The maximum Gasteiger partial charge on any atom is 0.410 e. The topological polar surface area (TPSA) is 96.8 Å². The van der Waals surface area contributed by atoms with Crippen molar-refractivity contribution in [2.75, 3.05) is 20.6 Å². The van der Waals surface area contributed by atoms with Gasteiger partial charge in [0.25, 0.3) is 5.91 Å². The highest BCUT2D eigenvalue weighted by Crippen LogP contribution is 2.25. The van der Waals surface area contributed by atoms with Crippen LogP contribution in [0.2, 0.25) is 0 Å². The smallest absolute Gasteiger partial charge is 0.410 e. The second kappa shape index (κ2) is 9.18. The SMILES string of the molecule is CN(C)C(=O)[C@@H](NC(=O)c1nc(Br)n2c1CN(C(=O)OC(C)(C)C)CCC2)C(C)(C)C. The summed E-state index contributed by atoms with van der Waals surface area (Å²) < 4.78 is 7.92. The molecule has 1 aromatic rings. The molecule has 0 bridgehead atoms. The third-order valence-corrected chi connectivity index (χ3v) is 5.48. The van der Waals surface area contributed by atoms with Gasteiger partial charge in [0, 0.05) is 27.2 Å². The Morgan fingerprint density at radius 1 is 1.13 bits per heavy atom. The Bertz CT molecular complexity index is 851. The highest BCUT2D eigenvalue weighted by molar-refractivity contribution is 9.10. The van der Waals surface area contributed by atoms with Crippen molar-refractivity contribution in [3.05, 3.63) is 16.1 Å². The van der Waals surface area contributed by atoms with Gasteiger partial charge in [-0.15, -0.1) is 0 Å². The predicted molar refractivity (Wildman–Crippen MR) is 121 cm³/mol. The summed E-state index contributed by atoms with van der Waals surface area (Å²) in [5.41, 5.74) is -0.300. The van der Waals surface area contributed by atoms with Crippen molar-refractivity contribution < 1.29 is 19.1 Å². The molecule has 0 unspecified atom stereocenters. The van der Waals surface area contributed by atoms with Crippen LogP contribution in [0.5, 0.6) is 0 Å². The molecule has 0 radical (unpaired) electrons. The average molecular weight is 500 g/mol. The van der Waals surface area contributed by atoms with Crippen molar-refractivity contribution in [3.63, 3.8) is 0 Å². The van der Waals surface area contributed by atoms with Crippen molar-refractivity contribution in [2.24, 2.45) is 5.41 Å². The summed E-state index contributed by atoms with van der Waals surface area (Å²) in [5, 5.41) is 2.86. The number of nitrogens with zero attached hydrogens (tertiary/aromatic N) is 4. The molecule has 9 nitrogen and oxygen atoms in total. The molecule has 0 fully saturated rings. The van der Waals surface area contributed by atoms with E-state index in [1.54, 1.807) is 19.0 Å². The van der Waals surface area contributed by atoms with E-state index in [2.05, 4.69) is 26.2 Å². The van der Waals surface area contributed by atoms with E-state index >= 15 is 0 Å². The number of rotatable bonds is 3. The monoisotopic (exact) mass is 499 g/mol. The van der Waals surface area contributed by atoms with E-state index in [0.29, 0.717) is 29.9 Å². The zero-order valence-electron chi connectivity index (χ0n) is 19.7. The first-order valence-electron chi connectivity index (χ1n) is 10.4. The molecule has 1 aromatic heterocycles. The quantitative estimate of drug-likeness (QED) is 0.689. The number of imidazole rings is 1. The van der Waals surface area contributed by atoms with Crippen molar-refractivity contribution >= 4 is 33.8 Å². The molecule has 3 amide bonds. The van der Waals surface area contributed by atoms with Gasteiger partial charge in [0.05, 0.1) is 12.2 Å². The lowest BCUT2D eigenvalue weighted by molar-refractivity contribution is -0.133. The van der Waals surface area contributed by atoms with E-state index in [1.165, 1.54) is 4.90 Å². The van der Waals surface area contributed by atoms with Crippen LogP contribution in [0.1, 0.15) is 64.1 Å². The molecule has 10 heteroatoms. The summed E-state index contributed by atoms with van der Waals surface area (Å²) >= 11 is 3.43. The maximum absolute atomic E-state index is 13.2. The first-order valence-corrected chi connectivity index (χ1v) is 11.2. The number of halogens is 1. The van der Waals surface area contributed by atoms with Crippen LogP contribution in [0.4, 0.5) is 4.79 Å². The molecule has 1 aliphatic rings. The van der Waals surface area contributed by atoms with Crippen LogP contribution in [0.15, 0.2) is 4.73 Å². The largest absolute Gasteiger partial charge is 0.444 e. The van der Waals surface area contributed by atoms with Gasteiger partial charge in [0.15, 0.2) is 10.4 Å². The van der Waals surface area contributed by atoms with Gasteiger partial charge < -0.3 is 24.4 Å². The third-order valence-electron chi connectivity index (χ3n) is 4.87. The minimum absolute atomic E-state index is 0.193. The molecule has 2 heterocycles. The molecule has 0 spiro atoms. The molecular formula is C21H34BrN5O4. The number of fused-ring (bicyclic) bond motifs is 1. The second-order valence-electron chi connectivity index (χ2n) is 10.1. The summed E-state index contributed by atoms with van der Waals surface area (Å²) in [5.74, 6) is -0.642. The first-order chi connectivity index (χ1) is 14.1. The summed E-state index contributed by atoms with van der Waals surface area (Å²) in [6.07, 6.45) is 0.270. The van der Waals surface area contributed by atoms with Gasteiger partial charge >= 0.3 is 6.09 Å². The number of amides is 3. The number of nitrogens with one attached hydrogen (secondary N) is 1. The molecule has 1 N–H and O–H groups in total. The molecule has 2 rings (SSSR count). The molecule has 0 saturated heterocycles. The van der Waals surface area contributed by atoms with Gasteiger partial charge in [-0.05, 0) is 48.5 Å². The summed E-state index contributed by atoms with van der Waals surface area (Å²) in [6.45, 7) is 12.4. The van der Waals surface area contributed by atoms with Crippen molar-refractivity contribution in [1.82, 2.24) is 24.7 Å². The Morgan fingerprint density at radius 3 is 2.26 bits per heavy atom. The summed E-state index contributed by atoms with van der Waals surface area (Å²) in [7, 11) is 3.32. The van der Waals surface area contributed by atoms with Crippen molar-refractivity contribution in [2.45, 2.75) is 72.7 Å². The van der Waals surface area contributed by atoms with E-state index in [-0.39, 0.29) is 18.1 Å². The summed E-state index contributed by atoms with van der Waals surface area (Å²) in [4.78, 5) is 46.0. The van der Waals surface area contributed by atoms with Gasteiger partial charge in [0.1, 0.15) is 11.6 Å². The molecule has 0 aromatic carbocycles. The lowest BCUT2D eigenvalue weighted by Gasteiger charge is -2.32. The second-order valence-corrected chi connectivity index (χ2v) is 10.8. The average Bonchev–Trinajstić information content (AvgIpc) is 2.79. The fraction of sp³-hybridized carbons (Fsp3) is 0.714. The molecule has 31 heavy (non-hydrogen) atoms. The number of aromatic nitrogens is 2. The van der Waals surface area contributed by atoms with Crippen molar-refractivity contribution in [3.8, 4) is 0 Å². The highest BCUT2D eigenvalue weighted by Gasteiger charge is 2.36. The Kier molecular flexibility index (Phi) is 7.45. The Balaban J connectivity index is 2.34. The predicted octanol–water partition coefficient (Wildman–Crippen LogP) is 3.02. The number of ether oxygens (including phenoxy) is 1. The minimum Gasteiger partial charge on any atom is -0.444 e. The number of carbonyl (C=O) groups excluding carboxylic acids is 3. The lowest BCUT2D eigenvalue weighted by Crippen LogP contribution is -2.53. The molecule has 0 aliphatic carbocycles. The summed E-state index contributed by atoms with van der Waals surface area (Å²) in [6, 6.07) is -0.723. The van der Waals surface area contributed by atoms with Gasteiger partial charge in [-0.2, -0.15) is 0 Å². The maximum atomic E-state index is 13.2. The number of hydrogen-bond acceptors (Lipinski definition) is 5. The third kappa shape index (κ3) is 6.21. The number of carbonyl (C=O) groups is 3. The van der Waals surface area contributed by atoms with Gasteiger partial charge in [-0.3, -0.25) is 9.59 Å². The Morgan fingerprint density at radius 2 is 1.74 bits per heavy atom. The highest BCUT2D eigenvalue weighted by atomic mass is 79.9. The minimum atomic E-state index is -0.723. The zero-order chi connectivity index (χ0) is 23.7. The van der Waals surface area contributed by atoms with Gasteiger partial charge in [0.2, 0.25) is 5.91 Å². The standard InChI is InChI=1S/C21H34BrN5O4/c1-20(2,3)15(17(29)25(7)8)24-16(28)14-13-12-26(19(30)31-21(4,5)6)10-9-11-27(13)18(22)23-14/h15H,9-12H2,1-8H3,(H,24,28)/t15-/m1/s1. The molecule has 0 saturated carbocycles. The molecule has 1 atom stereocenters. The van der Waals surface area contributed by atoms with E-state index in [0.717, 1.165) is 0 Å². The molecular weight excluding hydrogens is 466 g/mol. The van der Waals surface area contributed by atoms with Crippen LogP contribution in [0, 0.1) is 5.41 Å². The van der Waals surface area contributed by atoms with Gasteiger partial charge in [-0.25, -0.2) is 9.78 Å². The van der Waals surface area contributed by atoms with E-state index in [4.69, 9.17) is 4.74 Å². The van der Waals surface area contributed by atoms with Crippen LogP contribution in [0.25, 0.3) is 0 Å². The lowest BCUT2D eigenvalue weighted by atomic mass is 9.85. The Hall–Kier alpha value is -2.10. The molecule has 174 valence electrons. The van der Waals surface area contributed by atoms with Crippen LogP contribution < -0.4 is 5.32 Å². The number of likely N-dealkylation sites (N-methyl/N-ethyl adjacent to an activating group) is 1. The van der Waals surface area contributed by atoms with E-state index in [9.17, 15) is 14.4 Å². The van der Waals surface area contributed by atoms with Crippen LogP contribution >= 0.6 is 15.9 Å². The van der Waals surface area contributed by atoms with Crippen LogP contribution in [-0.4, -0.2) is 69.5 Å². The normalized spacial score (nSPS) is 15.6. The molecule has 1 aliphatic heterocycles. The van der Waals surface area contributed by atoms with Gasteiger partial charge in [-0.1, -0.05) is 20.8 Å². The Labute approximate surface area is 192 Å². The fourth-order valence-corrected chi connectivity index (χ4v) is 3.86. The fourth-order valence-electron chi connectivity index (χ4n) is 3.29. The van der Waals surface area contributed by atoms with Crippen LogP contribution in [0.3, 0.4) is 0 Å². The van der Waals surface area contributed by atoms with Crippen LogP contribution in [-0.2, 0) is 22.6 Å². The van der Waals surface area contributed by atoms with E-state index in [1.807, 2.05) is 46.1 Å².